The van der Waals surface area contributed by atoms with Gasteiger partial charge in [-0.3, -0.25) is 0 Å². The summed E-state index contributed by atoms with van der Waals surface area (Å²) in [5.74, 6) is 0.356. The topological polar surface area (TPSA) is 52.8 Å². The van der Waals surface area contributed by atoms with Gasteiger partial charge < -0.3 is 4.74 Å². The minimum absolute atomic E-state index is 0.155. The van der Waals surface area contributed by atoms with Gasteiger partial charge in [-0.05, 0) is 29.5 Å². The van der Waals surface area contributed by atoms with Gasteiger partial charge in [0.2, 0.25) is 0 Å². The summed E-state index contributed by atoms with van der Waals surface area (Å²) < 4.78 is 20.1. The molecule has 90 valence electrons. The van der Waals surface area contributed by atoms with Gasteiger partial charge in [0.25, 0.3) is 0 Å². The van der Waals surface area contributed by atoms with Gasteiger partial charge in [0.15, 0.2) is 17.4 Å². The fraction of sp³-hybridized carbons (Fsp3) is 0.300. The molecule has 0 aliphatic carbocycles. The van der Waals surface area contributed by atoms with E-state index in [2.05, 4.69) is 15.5 Å². The highest BCUT2D eigenvalue weighted by molar-refractivity contribution is 6.16. The zero-order valence-electron chi connectivity index (χ0n) is 9.10. The maximum Gasteiger partial charge on any atom is 0.171 e. The van der Waals surface area contributed by atoms with Crippen LogP contribution in [0.3, 0.4) is 0 Å². The lowest BCUT2D eigenvalue weighted by atomic mass is 10.3. The van der Waals surface area contributed by atoms with E-state index in [1.165, 1.54) is 16.8 Å². The maximum absolute atomic E-state index is 13.6. The fourth-order valence-corrected chi connectivity index (χ4v) is 1.55. The molecular weight excluding hydrogens is 247 g/mol. The van der Waals surface area contributed by atoms with Crippen molar-refractivity contribution in [2.75, 3.05) is 6.61 Å². The van der Waals surface area contributed by atoms with Crippen molar-refractivity contribution >= 4 is 11.6 Å². The second-order valence-electron chi connectivity index (χ2n) is 3.19. The number of hydrogen-bond donors (Lipinski definition) is 0. The molecule has 0 bridgehead atoms. The minimum atomic E-state index is -0.458. The molecule has 1 aromatic carbocycles. The lowest BCUT2D eigenvalue weighted by Gasteiger charge is -2.07. The Morgan fingerprint density at radius 3 is 2.94 bits per heavy atom. The molecule has 7 heteroatoms. The van der Waals surface area contributed by atoms with Gasteiger partial charge in [-0.2, -0.15) is 4.68 Å². The highest BCUT2D eigenvalue weighted by Gasteiger charge is 2.10. The SMILES string of the molecule is CCOc1ccc(-n2nnnc2CCl)cc1F. The van der Waals surface area contributed by atoms with Gasteiger partial charge in [-0.25, -0.2) is 4.39 Å². The Kier molecular flexibility index (Phi) is 3.53. The molecule has 0 aliphatic rings. The molecule has 2 rings (SSSR count). The first kappa shape index (κ1) is 11.8. The predicted molar refractivity (Wildman–Crippen MR) is 59.8 cm³/mol. The Labute approximate surface area is 102 Å². The van der Waals surface area contributed by atoms with E-state index < -0.39 is 5.82 Å². The van der Waals surface area contributed by atoms with E-state index in [0.717, 1.165) is 0 Å². The average molecular weight is 257 g/mol. The van der Waals surface area contributed by atoms with Gasteiger partial charge >= 0.3 is 0 Å². The van der Waals surface area contributed by atoms with E-state index in [4.69, 9.17) is 16.3 Å². The van der Waals surface area contributed by atoms with Crippen molar-refractivity contribution in [3.05, 3.63) is 29.8 Å². The van der Waals surface area contributed by atoms with Crippen molar-refractivity contribution in [1.29, 1.82) is 0 Å². The largest absolute Gasteiger partial charge is 0.491 e. The number of aromatic nitrogens is 4. The van der Waals surface area contributed by atoms with Crippen LogP contribution in [0.1, 0.15) is 12.7 Å². The van der Waals surface area contributed by atoms with Crippen molar-refractivity contribution in [1.82, 2.24) is 20.2 Å². The number of nitrogens with zero attached hydrogens (tertiary/aromatic N) is 4. The Balaban J connectivity index is 2.37. The highest BCUT2D eigenvalue weighted by atomic mass is 35.5. The van der Waals surface area contributed by atoms with Crippen molar-refractivity contribution in [2.24, 2.45) is 0 Å². The Morgan fingerprint density at radius 1 is 1.47 bits per heavy atom. The number of tetrazole rings is 1. The number of rotatable bonds is 4. The third kappa shape index (κ3) is 2.36. The van der Waals surface area contributed by atoms with Gasteiger partial charge in [0, 0.05) is 6.07 Å². The molecule has 0 aliphatic heterocycles. The molecule has 5 nitrogen and oxygen atoms in total. The molecule has 2 aromatic rings. The Hall–Kier alpha value is -1.69. The molecule has 0 atom stereocenters. The first-order valence-electron chi connectivity index (χ1n) is 5.02. The summed E-state index contributed by atoms with van der Waals surface area (Å²) in [5, 5.41) is 10.9. The smallest absolute Gasteiger partial charge is 0.171 e. The number of halogens is 2. The van der Waals surface area contributed by atoms with E-state index in [9.17, 15) is 4.39 Å². The molecule has 0 unspecified atom stereocenters. The molecule has 0 N–H and O–H groups in total. The van der Waals surface area contributed by atoms with Crippen LogP contribution in [-0.2, 0) is 5.88 Å². The zero-order chi connectivity index (χ0) is 12.3. The van der Waals surface area contributed by atoms with Gasteiger partial charge in [-0.15, -0.1) is 16.7 Å². The third-order valence-electron chi connectivity index (χ3n) is 2.11. The average Bonchev–Trinajstić information content (AvgIpc) is 2.80. The summed E-state index contributed by atoms with van der Waals surface area (Å²) in [7, 11) is 0. The maximum atomic E-state index is 13.6. The molecule has 0 saturated heterocycles. The highest BCUT2D eigenvalue weighted by Crippen LogP contribution is 2.20. The molecule has 0 spiro atoms. The van der Waals surface area contributed by atoms with E-state index >= 15 is 0 Å². The monoisotopic (exact) mass is 256 g/mol. The van der Waals surface area contributed by atoms with Crippen molar-refractivity contribution in [2.45, 2.75) is 12.8 Å². The first-order chi connectivity index (χ1) is 8.26. The summed E-state index contributed by atoms with van der Waals surface area (Å²) in [5.41, 5.74) is 0.506. The third-order valence-corrected chi connectivity index (χ3v) is 2.35. The second kappa shape index (κ2) is 5.09. The van der Waals surface area contributed by atoms with Gasteiger partial charge in [-0.1, -0.05) is 0 Å². The fourth-order valence-electron chi connectivity index (χ4n) is 1.38. The van der Waals surface area contributed by atoms with Crippen LogP contribution in [0.5, 0.6) is 5.75 Å². The van der Waals surface area contributed by atoms with Crippen LogP contribution in [-0.4, -0.2) is 26.8 Å². The molecule has 0 radical (unpaired) electrons. The van der Waals surface area contributed by atoms with Crippen LogP contribution in [0.4, 0.5) is 4.39 Å². The lowest BCUT2D eigenvalue weighted by molar-refractivity contribution is 0.321. The molecule has 0 amide bonds. The van der Waals surface area contributed by atoms with Crippen LogP contribution < -0.4 is 4.74 Å². The lowest BCUT2D eigenvalue weighted by Crippen LogP contribution is -2.03. The summed E-state index contributed by atoms with van der Waals surface area (Å²) in [6.07, 6.45) is 0. The second-order valence-corrected chi connectivity index (χ2v) is 3.46. The van der Waals surface area contributed by atoms with Crippen LogP contribution in [0.2, 0.25) is 0 Å². The van der Waals surface area contributed by atoms with Crippen LogP contribution >= 0.6 is 11.6 Å². The standard InChI is InChI=1S/C10H10ClFN4O/c1-2-17-9-4-3-7(5-8(9)12)16-10(6-11)13-14-15-16/h3-5H,2,6H2,1H3. The number of alkyl halides is 1. The summed E-state index contributed by atoms with van der Waals surface area (Å²) in [4.78, 5) is 0. The number of ether oxygens (including phenoxy) is 1. The zero-order valence-corrected chi connectivity index (χ0v) is 9.86. The van der Waals surface area contributed by atoms with E-state index in [-0.39, 0.29) is 11.6 Å². The Bertz CT molecular complexity index is 517. The van der Waals surface area contributed by atoms with Crippen LogP contribution in [0.15, 0.2) is 18.2 Å². The van der Waals surface area contributed by atoms with Crippen molar-refractivity contribution in [3.63, 3.8) is 0 Å². The Morgan fingerprint density at radius 2 is 2.29 bits per heavy atom. The van der Waals surface area contributed by atoms with Crippen molar-refractivity contribution < 1.29 is 9.13 Å². The van der Waals surface area contributed by atoms with E-state index in [0.29, 0.717) is 18.1 Å². The molecule has 0 saturated carbocycles. The predicted octanol–water partition coefficient (Wildman–Crippen LogP) is 1.94. The molecule has 1 heterocycles. The summed E-state index contributed by atoms with van der Waals surface area (Å²) >= 11 is 5.66. The number of hydrogen-bond acceptors (Lipinski definition) is 4. The normalized spacial score (nSPS) is 10.5. The molecule has 17 heavy (non-hydrogen) atoms. The van der Waals surface area contributed by atoms with Crippen LogP contribution in [0.25, 0.3) is 5.69 Å². The molecule has 0 fully saturated rings. The number of benzene rings is 1. The van der Waals surface area contributed by atoms with Crippen LogP contribution in [0, 0.1) is 5.82 Å². The van der Waals surface area contributed by atoms with Crippen molar-refractivity contribution in [3.8, 4) is 11.4 Å². The quantitative estimate of drug-likeness (QED) is 0.785. The minimum Gasteiger partial charge on any atom is -0.491 e. The molecular formula is C10H10ClFN4O. The van der Waals surface area contributed by atoms with E-state index in [1.54, 1.807) is 13.0 Å². The first-order valence-corrected chi connectivity index (χ1v) is 5.55. The van der Waals surface area contributed by atoms with Gasteiger partial charge in [0.1, 0.15) is 0 Å². The molecule has 1 aromatic heterocycles. The summed E-state index contributed by atoms with van der Waals surface area (Å²) in [6, 6.07) is 4.51. The van der Waals surface area contributed by atoms with Gasteiger partial charge in [0.05, 0.1) is 18.2 Å². The summed E-state index contributed by atoms with van der Waals surface area (Å²) in [6.45, 7) is 2.20. The van der Waals surface area contributed by atoms with E-state index in [1.807, 2.05) is 0 Å².